The molecule has 0 radical (unpaired) electrons. The summed E-state index contributed by atoms with van der Waals surface area (Å²) >= 11 is 0. The minimum absolute atomic E-state index is 0.378. The number of aryl methyl sites for hydroxylation is 1. The highest BCUT2D eigenvalue weighted by molar-refractivity contribution is 5.27. The maximum absolute atomic E-state index is 6.05. The highest BCUT2D eigenvalue weighted by atomic mass is 16.5. The van der Waals surface area contributed by atoms with Crippen molar-refractivity contribution in [3.05, 3.63) is 29.8 Å². The van der Waals surface area contributed by atoms with E-state index in [4.69, 9.17) is 4.74 Å². The van der Waals surface area contributed by atoms with Crippen LogP contribution in [0.2, 0.25) is 0 Å². The molecule has 2 atom stereocenters. The normalized spacial score (nSPS) is 23.9. The minimum atomic E-state index is 0.378. The number of hydrogen-bond acceptors (Lipinski definition) is 2. The molecule has 0 saturated carbocycles. The molecular weight excluding hydrogens is 222 g/mol. The summed E-state index contributed by atoms with van der Waals surface area (Å²) in [6.07, 6.45) is 6.31. The molecule has 1 aliphatic heterocycles. The number of nitrogens with one attached hydrogen (secondary N) is 1. The average Bonchev–Trinajstić information content (AvgIpc) is 2.38. The van der Waals surface area contributed by atoms with Crippen LogP contribution in [-0.4, -0.2) is 18.7 Å². The van der Waals surface area contributed by atoms with E-state index >= 15 is 0 Å². The SMILES string of the molecule is CCCCc1ccc(OC2CCNC(C)C2)cc1. The molecule has 2 heteroatoms. The topological polar surface area (TPSA) is 21.3 Å². The Bertz CT molecular complexity index is 347. The second-order valence-corrected chi connectivity index (χ2v) is 5.37. The summed E-state index contributed by atoms with van der Waals surface area (Å²) in [6, 6.07) is 9.23. The molecule has 2 unspecified atom stereocenters. The van der Waals surface area contributed by atoms with Crippen molar-refractivity contribution in [2.45, 2.75) is 58.1 Å². The van der Waals surface area contributed by atoms with Gasteiger partial charge in [-0.3, -0.25) is 0 Å². The number of piperidine rings is 1. The minimum Gasteiger partial charge on any atom is -0.490 e. The van der Waals surface area contributed by atoms with Crippen LogP contribution in [0.15, 0.2) is 24.3 Å². The Morgan fingerprint density at radius 2 is 2.06 bits per heavy atom. The van der Waals surface area contributed by atoms with Crippen LogP contribution in [0.5, 0.6) is 5.75 Å². The number of hydrogen-bond donors (Lipinski definition) is 1. The van der Waals surface area contributed by atoms with E-state index in [0.29, 0.717) is 12.1 Å². The maximum Gasteiger partial charge on any atom is 0.119 e. The second kappa shape index (κ2) is 6.79. The first-order valence-electron chi connectivity index (χ1n) is 7.27. The predicted octanol–water partition coefficient (Wildman–Crippen LogP) is 3.55. The second-order valence-electron chi connectivity index (χ2n) is 5.37. The van der Waals surface area contributed by atoms with Crippen molar-refractivity contribution in [2.24, 2.45) is 0 Å². The molecule has 1 aromatic rings. The van der Waals surface area contributed by atoms with Crippen molar-refractivity contribution in [2.75, 3.05) is 6.54 Å². The smallest absolute Gasteiger partial charge is 0.119 e. The van der Waals surface area contributed by atoms with Crippen molar-refractivity contribution in [3.63, 3.8) is 0 Å². The molecule has 2 rings (SSSR count). The molecule has 1 N–H and O–H groups in total. The Morgan fingerprint density at radius 1 is 1.28 bits per heavy atom. The molecule has 0 aliphatic carbocycles. The van der Waals surface area contributed by atoms with Crippen molar-refractivity contribution >= 4 is 0 Å². The van der Waals surface area contributed by atoms with Gasteiger partial charge < -0.3 is 10.1 Å². The summed E-state index contributed by atoms with van der Waals surface area (Å²) in [5.74, 6) is 1.02. The lowest BCUT2D eigenvalue weighted by atomic mass is 10.0. The van der Waals surface area contributed by atoms with E-state index in [-0.39, 0.29) is 0 Å². The summed E-state index contributed by atoms with van der Waals surface area (Å²) in [6.45, 7) is 5.53. The van der Waals surface area contributed by atoms with Gasteiger partial charge in [-0.2, -0.15) is 0 Å². The van der Waals surface area contributed by atoms with Crippen molar-refractivity contribution in [1.82, 2.24) is 5.32 Å². The van der Waals surface area contributed by atoms with Crippen LogP contribution in [0.4, 0.5) is 0 Å². The van der Waals surface area contributed by atoms with Gasteiger partial charge in [-0.1, -0.05) is 25.5 Å². The highest BCUT2D eigenvalue weighted by Gasteiger charge is 2.19. The summed E-state index contributed by atoms with van der Waals surface area (Å²) in [4.78, 5) is 0. The van der Waals surface area contributed by atoms with E-state index in [9.17, 15) is 0 Å². The standard InChI is InChI=1S/C16H25NO/c1-3-4-5-14-6-8-15(9-7-14)18-16-10-11-17-13(2)12-16/h6-9,13,16-17H,3-5,10-12H2,1-2H3. The fraction of sp³-hybridized carbons (Fsp3) is 0.625. The van der Waals surface area contributed by atoms with E-state index in [2.05, 4.69) is 43.4 Å². The lowest BCUT2D eigenvalue weighted by molar-refractivity contribution is 0.144. The molecule has 0 bridgehead atoms. The van der Waals surface area contributed by atoms with Crippen LogP contribution < -0.4 is 10.1 Å². The Balaban J connectivity index is 1.85. The van der Waals surface area contributed by atoms with E-state index in [1.165, 1.54) is 24.8 Å². The molecule has 1 aliphatic rings. The van der Waals surface area contributed by atoms with Crippen LogP contribution >= 0.6 is 0 Å². The number of rotatable bonds is 5. The highest BCUT2D eigenvalue weighted by Crippen LogP contribution is 2.19. The maximum atomic E-state index is 6.05. The van der Waals surface area contributed by atoms with Crippen molar-refractivity contribution < 1.29 is 4.74 Å². The quantitative estimate of drug-likeness (QED) is 0.859. The van der Waals surface area contributed by atoms with Crippen LogP contribution in [0.25, 0.3) is 0 Å². The van der Waals surface area contributed by atoms with Gasteiger partial charge >= 0.3 is 0 Å². The van der Waals surface area contributed by atoms with Gasteiger partial charge in [0.15, 0.2) is 0 Å². The molecule has 100 valence electrons. The van der Waals surface area contributed by atoms with Gasteiger partial charge in [0.05, 0.1) is 0 Å². The molecule has 1 heterocycles. The van der Waals surface area contributed by atoms with Gasteiger partial charge in [-0.05, 0) is 56.8 Å². The van der Waals surface area contributed by atoms with Crippen LogP contribution in [0.3, 0.4) is 0 Å². The van der Waals surface area contributed by atoms with Gasteiger partial charge in [-0.15, -0.1) is 0 Å². The Kier molecular flexibility index (Phi) is 5.06. The zero-order valence-corrected chi connectivity index (χ0v) is 11.6. The van der Waals surface area contributed by atoms with Gasteiger partial charge in [-0.25, -0.2) is 0 Å². The van der Waals surface area contributed by atoms with Crippen molar-refractivity contribution in [3.8, 4) is 5.75 Å². The van der Waals surface area contributed by atoms with Gasteiger partial charge in [0, 0.05) is 6.04 Å². The number of unbranched alkanes of at least 4 members (excludes halogenated alkanes) is 1. The van der Waals surface area contributed by atoms with E-state index < -0.39 is 0 Å². The van der Waals surface area contributed by atoms with Gasteiger partial charge in [0.1, 0.15) is 11.9 Å². The van der Waals surface area contributed by atoms with Crippen LogP contribution in [0.1, 0.15) is 45.1 Å². The first kappa shape index (κ1) is 13.4. The van der Waals surface area contributed by atoms with E-state index in [0.717, 1.165) is 25.1 Å². The molecule has 1 saturated heterocycles. The zero-order chi connectivity index (χ0) is 12.8. The molecule has 1 aromatic carbocycles. The van der Waals surface area contributed by atoms with Crippen molar-refractivity contribution in [1.29, 1.82) is 0 Å². The summed E-state index contributed by atoms with van der Waals surface area (Å²) in [5.41, 5.74) is 1.42. The summed E-state index contributed by atoms with van der Waals surface area (Å²) in [7, 11) is 0. The van der Waals surface area contributed by atoms with Crippen LogP contribution in [0, 0.1) is 0 Å². The first-order chi connectivity index (χ1) is 8.78. The third-order valence-corrected chi connectivity index (χ3v) is 3.62. The third-order valence-electron chi connectivity index (χ3n) is 3.62. The number of ether oxygens (including phenoxy) is 1. The molecule has 18 heavy (non-hydrogen) atoms. The molecule has 0 spiro atoms. The summed E-state index contributed by atoms with van der Waals surface area (Å²) in [5, 5.41) is 3.45. The molecule has 0 amide bonds. The fourth-order valence-electron chi connectivity index (χ4n) is 2.50. The summed E-state index contributed by atoms with van der Waals surface area (Å²) < 4.78 is 6.05. The lowest BCUT2D eigenvalue weighted by Crippen LogP contribution is -2.40. The molecule has 1 fully saturated rings. The van der Waals surface area contributed by atoms with Gasteiger partial charge in [0.25, 0.3) is 0 Å². The monoisotopic (exact) mass is 247 g/mol. The third kappa shape index (κ3) is 4.02. The lowest BCUT2D eigenvalue weighted by Gasteiger charge is -2.28. The molecular formula is C16H25NO. The van der Waals surface area contributed by atoms with Crippen LogP contribution in [-0.2, 0) is 6.42 Å². The Morgan fingerprint density at radius 3 is 2.72 bits per heavy atom. The zero-order valence-electron chi connectivity index (χ0n) is 11.6. The first-order valence-corrected chi connectivity index (χ1v) is 7.27. The average molecular weight is 247 g/mol. The Hall–Kier alpha value is -1.02. The number of benzene rings is 1. The predicted molar refractivity (Wildman–Crippen MR) is 76.2 cm³/mol. The Labute approximate surface area is 111 Å². The molecule has 0 aromatic heterocycles. The molecule has 2 nitrogen and oxygen atoms in total. The van der Waals surface area contributed by atoms with E-state index in [1.807, 2.05) is 0 Å². The largest absolute Gasteiger partial charge is 0.490 e. The fourth-order valence-corrected chi connectivity index (χ4v) is 2.50. The van der Waals surface area contributed by atoms with Gasteiger partial charge in [0.2, 0.25) is 0 Å². The van der Waals surface area contributed by atoms with E-state index in [1.54, 1.807) is 0 Å².